The Morgan fingerprint density at radius 2 is 2.20 bits per heavy atom. The summed E-state index contributed by atoms with van der Waals surface area (Å²) in [6.45, 7) is 8.16. The van der Waals surface area contributed by atoms with Crippen LogP contribution in [0.4, 0.5) is 0 Å². The highest BCUT2D eigenvalue weighted by Gasteiger charge is 2.08. The van der Waals surface area contributed by atoms with E-state index in [0.717, 1.165) is 11.4 Å². The van der Waals surface area contributed by atoms with Crippen LogP contribution in [-0.4, -0.2) is 21.6 Å². The van der Waals surface area contributed by atoms with Crippen LogP contribution in [0.1, 0.15) is 31.7 Å². The molecule has 0 aromatic carbocycles. The molecule has 0 aliphatic carbocycles. The number of hydrogen-bond acceptors (Lipinski definition) is 3. The number of ether oxygens (including phenoxy) is 1. The molecule has 0 spiro atoms. The Labute approximate surface area is 90.3 Å². The van der Waals surface area contributed by atoms with E-state index < -0.39 is 0 Å². The van der Waals surface area contributed by atoms with E-state index in [0.29, 0.717) is 13.0 Å². The van der Waals surface area contributed by atoms with Gasteiger partial charge in [-0.25, -0.2) is 4.98 Å². The van der Waals surface area contributed by atoms with Crippen LogP contribution in [0.15, 0.2) is 0 Å². The van der Waals surface area contributed by atoms with E-state index in [-0.39, 0.29) is 12.1 Å². The molecule has 0 amide bonds. The van der Waals surface area contributed by atoms with Gasteiger partial charge < -0.3 is 9.30 Å². The first kappa shape index (κ1) is 11.8. The zero-order chi connectivity index (χ0) is 11.4. The van der Waals surface area contributed by atoms with Crippen molar-refractivity contribution in [2.75, 3.05) is 0 Å². The Balaban J connectivity index is 2.44. The van der Waals surface area contributed by atoms with Crippen LogP contribution in [0.5, 0.6) is 0 Å². The number of aromatic nitrogens is 2. The number of hydrogen-bond donors (Lipinski definition) is 0. The fourth-order valence-corrected chi connectivity index (χ4v) is 1.23. The minimum absolute atomic E-state index is 0.0490. The van der Waals surface area contributed by atoms with E-state index in [1.807, 2.05) is 32.3 Å². The van der Waals surface area contributed by atoms with Crippen molar-refractivity contribution < 1.29 is 9.53 Å². The van der Waals surface area contributed by atoms with Crippen molar-refractivity contribution in [2.45, 2.75) is 46.8 Å². The van der Waals surface area contributed by atoms with Crippen LogP contribution in [0.2, 0.25) is 0 Å². The highest BCUT2D eigenvalue weighted by Crippen LogP contribution is 2.05. The lowest BCUT2D eigenvalue weighted by molar-refractivity contribution is -0.147. The van der Waals surface area contributed by atoms with Gasteiger partial charge in [-0.05, 0) is 27.7 Å². The van der Waals surface area contributed by atoms with E-state index in [1.165, 1.54) is 0 Å². The average Bonchev–Trinajstić information content (AvgIpc) is 2.44. The lowest BCUT2D eigenvalue weighted by Gasteiger charge is -2.08. The van der Waals surface area contributed by atoms with E-state index in [9.17, 15) is 4.79 Å². The molecule has 1 radical (unpaired) electrons. The summed E-state index contributed by atoms with van der Waals surface area (Å²) in [4.78, 5) is 15.3. The molecule has 1 heterocycles. The van der Waals surface area contributed by atoms with Crippen molar-refractivity contribution in [2.24, 2.45) is 0 Å². The summed E-state index contributed by atoms with van der Waals surface area (Å²) < 4.78 is 6.88. The van der Waals surface area contributed by atoms with Crippen molar-refractivity contribution >= 4 is 5.97 Å². The number of aryl methyl sites for hydroxylation is 2. The monoisotopic (exact) mass is 209 g/mol. The summed E-state index contributed by atoms with van der Waals surface area (Å²) >= 11 is 0. The van der Waals surface area contributed by atoms with Crippen LogP contribution in [0.25, 0.3) is 0 Å². The van der Waals surface area contributed by atoms with Gasteiger partial charge in [-0.2, -0.15) is 0 Å². The molecule has 1 rings (SSSR count). The zero-order valence-corrected chi connectivity index (χ0v) is 9.70. The summed E-state index contributed by atoms with van der Waals surface area (Å²) in [6.07, 6.45) is 3.16. The molecular weight excluding hydrogens is 192 g/mol. The van der Waals surface area contributed by atoms with Crippen molar-refractivity contribution in [3.63, 3.8) is 0 Å². The SMILES string of the molecule is Cc1n[c]n(CCC(=O)OC(C)C)c1C. The number of esters is 1. The lowest BCUT2D eigenvalue weighted by atomic mass is 10.3. The largest absolute Gasteiger partial charge is 0.463 e. The summed E-state index contributed by atoms with van der Waals surface area (Å²) in [5.41, 5.74) is 2.00. The molecular formula is C11H17N2O2. The molecule has 0 aliphatic rings. The molecule has 4 nitrogen and oxygen atoms in total. The first-order valence-electron chi connectivity index (χ1n) is 5.11. The summed E-state index contributed by atoms with van der Waals surface area (Å²) in [7, 11) is 0. The Kier molecular flexibility index (Phi) is 3.88. The minimum Gasteiger partial charge on any atom is -0.463 e. The maximum atomic E-state index is 11.3. The Hall–Kier alpha value is -1.32. The van der Waals surface area contributed by atoms with Crippen LogP contribution in [0, 0.1) is 20.2 Å². The Morgan fingerprint density at radius 1 is 1.53 bits per heavy atom. The molecule has 4 heteroatoms. The standard InChI is InChI=1S/C11H17N2O2/c1-8(2)15-11(14)5-6-13-7-12-9(3)10(13)4/h8H,5-6H2,1-4H3. The van der Waals surface area contributed by atoms with Gasteiger partial charge in [0.1, 0.15) is 0 Å². The normalized spacial score (nSPS) is 10.7. The molecule has 15 heavy (non-hydrogen) atoms. The Bertz CT molecular complexity index is 342. The lowest BCUT2D eigenvalue weighted by Crippen LogP contribution is -2.14. The quantitative estimate of drug-likeness (QED) is 0.708. The number of imidazole rings is 1. The summed E-state index contributed by atoms with van der Waals surface area (Å²) in [6, 6.07) is 0. The highest BCUT2D eigenvalue weighted by atomic mass is 16.5. The van der Waals surface area contributed by atoms with Gasteiger partial charge in [0, 0.05) is 12.2 Å². The van der Waals surface area contributed by atoms with Crippen LogP contribution in [0.3, 0.4) is 0 Å². The van der Waals surface area contributed by atoms with Gasteiger partial charge in [0.2, 0.25) is 0 Å². The average molecular weight is 209 g/mol. The van der Waals surface area contributed by atoms with Gasteiger partial charge in [0.05, 0.1) is 18.2 Å². The van der Waals surface area contributed by atoms with E-state index in [1.54, 1.807) is 0 Å². The van der Waals surface area contributed by atoms with Crippen LogP contribution >= 0.6 is 0 Å². The molecule has 0 saturated carbocycles. The van der Waals surface area contributed by atoms with E-state index >= 15 is 0 Å². The maximum absolute atomic E-state index is 11.3. The van der Waals surface area contributed by atoms with E-state index in [4.69, 9.17) is 4.74 Å². The smallest absolute Gasteiger partial charge is 0.307 e. The van der Waals surface area contributed by atoms with Crippen molar-refractivity contribution in [1.29, 1.82) is 0 Å². The van der Waals surface area contributed by atoms with E-state index in [2.05, 4.69) is 11.3 Å². The molecule has 1 aromatic heterocycles. The topological polar surface area (TPSA) is 44.1 Å². The third-order valence-corrected chi connectivity index (χ3v) is 2.17. The predicted octanol–water partition coefficient (Wildman–Crippen LogP) is 1.64. The second kappa shape index (κ2) is 4.96. The molecule has 1 aromatic rings. The molecule has 0 saturated heterocycles. The van der Waals surface area contributed by atoms with Gasteiger partial charge in [-0.3, -0.25) is 4.79 Å². The van der Waals surface area contributed by atoms with Gasteiger partial charge in [-0.1, -0.05) is 0 Å². The number of nitrogens with zero attached hydrogens (tertiary/aromatic N) is 2. The number of carbonyl (C=O) groups is 1. The first-order valence-corrected chi connectivity index (χ1v) is 5.11. The minimum atomic E-state index is -0.177. The molecule has 0 unspecified atom stereocenters. The molecule has 83 valence electrons. The second-order valence-electron chi connectivity index (χ2n) is 3.82. The fourth-order valence-electron chi connectivity index (χ4n) is 1.23. The van der Waals surface area contributed by atoms with Gasteiger partial charge in [0.25, 0.3) is 0 Å². The third-order valence-electron chi connectivity index (χ3n) is 2.17. The van der Waals surface area contributed by atoms with Gasteiger partial charge in [-0.15, -0.1) is 0 Å². The Morgan fingerprint density at radius 3 is 2.67 bits per heavy atom. The van der Waals surface area contributed by atoms with Crippen molar-refractivity contribution in [3.8, 4) is 0 Å². The third kappa shape index (κ3) is 3.38. The highest BCUT2D eigenvalue weighted by molar-refractivity contribution is 5.69. The van der Waals surface area contributed by atoms with Gasteiger partial charge >= 0.3 is 5.97 Å². The van der Waals surface area contributed by atoms with Crippen molar-refractivity contribution in [1.82, 2.24) is 9.55 Å². The van der Waals surface area contributed by atoms with Gasteiger partial charge in [0.15, 0.2) is 6.33 Å². The molecule has 0 N–H and O–H groups in total. The van der Waals surface area contributed by atoms with Crippen LogP contribution < -0.4 is 0 Å². The number of carbonyl (C=O) groups excluding carboxylic acids is 1. The first-order chi connectivity index (χ1) is 7.00. The molecule has 0 aliphatic heterocycles. The number of rotatable bonds is 4. The molecule has 0 atom stereocenters. The fraction of sp³-hybridized carbons (Fsp3) is 0.636. The predicted molar refractivity (Wildman–Crippen MR) is 56.4 cm³/mol. The zero-order valence-electron chi connectivity index (χ0n) is 9.70. The summed E-state index contributed by atoms with van der Waals surface area (Å²) in [5, 5.41) is 0. The second-order valence-corrected chi connectivity index (χ2v) is 3.82. The molecule has 0 bridgehead atoms. The van der Waals surface area contributed by atoms with Crippen LogP contribution in [-0.2, 0) is 16.1 Å². The maximum Gasteiger partial charge on any atom is 0.307 e. The van der Waals surface area contributed by atoms with Crippen molar-refractivity contribution in [3.05, 3.63) is 17.7 Å². The summed E-state index contributed by atoms with van der Waals surface area (Å²) in [5.74, 6) is -0.177. The molecule has 0 fully saturated rings.